The van der Waals surface area contributed by atoms with E-state index in [1.54, 1.807) is 11.8 Å². The summed E-state index contributed by atoms with van der Waals surface area (Å²) in [6.45, 7) is 2.10. The summed E-state index contributed by atoms with van der Waals surface area (Å²) in [6.07, 6.45) is 3.91. The van der Waals surface area contributed by atoms with Crippen molar-refractivity contribution in [2.75, 3.05) is 6.26 Å². The summed E-state index contributed by atoms with van der Waals surface area (Å²) in [4.78, 5) is 4.26. The molecule has 0 aliphatic heterocycles. The van der Waals surface area contributed by atoms with Crippen LogP contribution in [0.1, 0.15) is 5.56 Å². The molecular formula is C13H13NS. The van der Waals surface area contributed by atoms with Crippen LogP contribution in [0, 0.1) is 6.92 Å². The topological polar surface area (TPSA) is 12.9 Å². The third-order valence-electron chi connectivity index (χ3n) is 2.33. The van der Waals surface area contributed by atoms with Gasteiger partial charge in [-0.1, -0.05) is 29.8 Å². The third-order valence-corrected chi connectivity index (χ3v) is 2.97. The lowest BCUT2D eigenvalue weighted by molar-refractivity contribution is 1.14. The number of aromatic nitrogens is 1. The van der Waals surface area contributed by atoms with Crippen molar-refractivity contribution in [3.05, 3.63) is 48.2 Å². The normalized spacial score (nSPS) is 10.3. The molecule has 1 nitrogen and oxygen atoms in total. The van der Waals surface area contributed by atoms with E-state index in [0.717, 1.165) is 5.03 Å². The number of thioether (sulfide) groups is 1. The Labute approximate surface area is 94.6 Å². The molecule has 0 saturated carbocycles. The van der Waals surface area contributed by atoms with E-state index in [1.807, 2.05) is 18.5 Å². The minimum atomic E-state index is 1.06. The van der Waals surface area contributed by atoms with Gasteiger partial charge in [-0.2, -0.15) is 0 Å². The largest absolute Gasteiger partial charge is 0.250 e. The van der Waals surface area contributed by atoms with Crippen LogP contribution in [0.3, 0.4) is 0 Å². The minimum Gasteiger partial charge on any atom is -0.250 e. The molecule has 0 aliphatic carbocycles. The highest BCUT2D eigenvalue weighted by Gasteiger charge is 1.98. The summed E-state index contributed by atoms with van der Waals surface area (Å²) in [6, 6.07) is 12.7. The highest BCUT2D eigenvalue weighted by molar-refractivity contribution is 7.98. The van der Waals surface area contributed by atoms with Gasteiger partial charge in [0.25, 0.3) is 0 Å². The number of rotatable bonds is 2. The van der Waals surface area contributed by atoms with Gasteiger partial charge in [-0.3, -0.25) is 0 Å². The van der Waals surface area contributed by atoms with Crippen molar-refractivity contribution in [2.45, 2.75) is 11.9 Å². The molecule has 0 saturated heterocycles. The Kier molecular flexibility index (Phi) is 3.07. The van der Waals surface area contributed by atoms with Crippen molar-refractivity contribution in [1.82, 2.24) is 4.98 Å². The number of hydrogen-bond donors (Lipinski definition) is 0. The van der Waals surface area contributed by atoms with Crippen molar-refractivity contribution in [3.8, 4) is 11.1 Å². The fourth-order valence-electron chi connectivity index (χ4n) is 1.45. The van der Waals surface area contributed by atoms with Gasteiger partial charge >= 0.3 is 0 Å². The predicted molar refractivity (Wildman–Crippen MR) is 66.2 cm³/mol. The molecular weight excluding hydrogens is 202 g/mol. The summed E-state index contributed by atoms with van der Waals surface area (Å²) < 4.78 is 0. The summed E-state index contributed by atoms with van der Waals surface area (Å²) in [5.74, 6) is 0. The van der Waals surface area contributed by atoms with E-state index < -0.39 is 0 Å². The van der Waals surface area contributed by atoms with Crippen LogP contribution in [0.15, 0.2) is 47.6 Å². The van der Waals surface area contributed by atoms with Crippen LogP contribution in [0.2, 0.25) is 0 Å². The number of nitrogens with zero attached hydrogens (tertiary/aromatic N) is 1. The molecule has 0 radical (unpaired) electrons. The zero-order valence-corrected chi connectivity index (χ0v) is 9.71. The van der Waals surface area contributed by atoms with Gasteiger partial charge in [0.2, 0.25) is 0 Å². The van der Waals surface area contributed by atoms with Crippen LogP contribution in [0.25, 0.3) is 11.1 Å². The molecule has 0 unspecified atom stereocenters. The summed E-state index contributed by atoms with van der Waals surface area (Å²) >= 11 is 1.67. The molecule has 15 heavy (non-hydrogen) atoms. The van der Waals surface area contributed by atoms with E-state index in [-0.39, 0.29) is 0 Å². The maximum atomic E-state index is 4.26. The second-order valence-corrected chi connectivity index (χ2v) is 4.28. The molecule has 0 fully saturated rings. The molecule has 0 spiro atoms. The highest BCUT2D eigenvalue weighted by atomic mass is 32.2. The number of benzene rings is 1. The second kappa shape index (κ2) is 4.49. The summed E-state index contributed by atoms with van der Waals surface area (Å²) in [5, 5.41) is 1.06. The molecule has 2 rings (SSSR count). The van der Waals surface area contributed by atoms with Crippen LogP contribution in [-0.4, -0.2) is 11.2 Å². The lowest BCUT2D eigenvalue weighted by atomic mass is 10.1. The number of aryl methyl sites for hydroxylation is 1. The van der Waals surface area contributed by atoms with Crippen molar-refractivity contribution >= 4 is 11.8 Å². The molecule has 2 aromatic rings. The van der Waals surface area contributed by atoms with Gasteiger partial charge in [-0.15, -0.1) is 11.8 Å². The zero-order chi connectivity index (χ0) is 10.7. The van der Waals surface area contributed by atoms with Gasteiger partial charge < -0.3 is 0 Å². The lowest BCUT2D eigenvalue weighted by Gasteiger charge is -2.03. The smallest absolute Gasteiger partial charge is 0.0963 e. The Morgan fingerprint density at radius 3 is 2.40 bits per heavy atom. The van der Waals surface area contributed by atoms with Gasteiger partial charge in [0.1, 0.15) is 0 Å². The molecule has 0 N–H and O–H groups in total. The lowest BCUT2D eigenvalue weighted by Crippen LogP contribution is -1.82. The molecule has 1 heterocycles. The SMILES string of the molecule is CSc1cc(-c2ccc(C)cc2)ccn1. The average Bonchev–Trinajstić information content (AvgIpc) is 2.30. The van der Waals surface area contributed by atoms with E-state index in [9.17, 15) is 0 Å². The molecule has 1 aromatic carbocycles. The van der Waals surface area contributed by atoms with E-state index in [1.165, 1.54) is 16.7 Å². The van der Waals surface area contributed by atoms with Crippen molar-refractivity contribution < 1.29 is 0 Å². The Morgan fingerprint density at radius 2 is 1.73 bits per heavy atom. The molecule has 0 atom stereocenters. The first-order valence-electron chi connectivity index (χ1n) is 4.86. The monoisotopic (exact) mass is 215 g/mol. The summed E-state index contributed by atoms with van der Waals surface area (Å²) in [7, 11) is 0. The van der Waals surface area contributed by atoms with Gasteiger partial charge in [0, 0.05) is 6.20 Å². The maximum absolute atomic E-state index is 4.26. The number of pyridine rings is 1. The Hall–Kier alpha value is -1.28. The molecule has 1 aromatic heterocycles. The quantitative estimate of drug-likeness (QED) is 0.707. The second-order valence-electron chi connectivity index (χ2n) is 3.45. The molecule has 0 aliphatic rings. The molecule has 76 valence electrons. The van der Waals surface area contributed by atoms with Gasteiger partial charge in [0.15, 0.2) is 0 Å². The Bertz CT molecular complexity index is 448. The Balaban J connectivity index is 2.40. The maximum Gasteiger partial charge on any atom is 0.0963 e. The first-order chi connectivity index (χ1) is 7.29. The highest BCUT2D eigenvalue weighted by Crippen LogP contribution is 2.22. The van der Waals surface area contributed by atoms with Crippen molar-refractivity contribution in [1.29, 1.82) is 0 Å². The fourth-order valence-corrected chi connectivity index (χ4v) is 1.86. The average molecular weight is 215 g/mol. The minimum absolute atomic E-state index is 1.06. The van der Waals surface area contributed by atoms with Gasteiger partial charge in [-0.05, 0) is 36.4 Å². The molecule has 0 amide bonds. The number of hydrogen-bond acceptors (Lipinski definition) is 2. The van der Waals surface area contributed by atoms with Gasteiger partial charge in [0.05, 0.1) is 5.03 Å². The first kappa shape index (κ1) is 10.2. The van der Waals surface area contributed by atoms with Crippen LogP contribution < -0.4 is 0 Å². The molecule has 2 heteroatoms. The fraction of sp³-hybridized carbons (Fsp3) is 0.154. The summed E-state index contributed by atoms with van der Waals surface area (Å²) in [5.41, 5.74) is 3.77. The van der Waals surface area contributed by atoms with Gasteiger partial charge in [-0.25, -0.2) is 4.98 Å². The van der Waals surface area contributed by atoms with E-state index in [4.69, 9.17) is 0 Å². The predicted octanol–water partition coefficient (Wildman–Crippen LogP) is 3.78. The van der Waals surface area contributed by atoms with E-state index in [0.29, 0.717) is 0 Å². The van der Waals surface area contributed by atoms with Crippen LogP contribution in [0.4, 0.5) is 0 Å². The first-order valence-corrected chi connectivity index (χ1v) is 6.09. The van der Waals surface area contributed by atoms with E-state index >= 15 is 0 Å². The van der Waals surface area contributed by atoms with E-state index in [2.05, 4.69) is 42.2 Å². The van der Waals surface area contributed by atoms with Crippen molar-refractivity contribution in [3.63, 3.8) is 0 Å². The van der Waals surface area contributed by atoms with Crippen molar-refractivity contribution in [2.24, 2.45) is 0 Å². The third kappa shape index (κ3) is 2.39. The van der Waals surface area contributed by atoms with Crippen LogP contribution in [0.5, 0.6) is 0 Å². The zero-order valence-electron chi connectivity index (χ0n) is 8.90. The van der Waals surface area contributed by atoms with Crippen LogP contribution >= 0.6 is 11.8 Å². The van der Waals surface area contributed by atoms with Crippen LogP contribution in [-0.2, 0) is 0 Å². The standard InChI is InChI=1S/C13H13NS/c1-10-3-5-11(6-4-10)12-7-8-14-13(9-12)15-2/h3-9H,1-2H3. The molecule has 0 bridgehead atoms. The Morgan fingerprint density at radius 1 is 1.00 bits per heavy atom.